The maximum Gasteiger partial charge on any atom is 0.0934 e. The molecule has 0 radical (unpaired) electrons. The summed E-state index contributed by atoms with van der Waals surface area (Å²) in [6.45, 7) is 6.89. The van der Waals surface area contributed by atoms with Crippen molar-refractivity contribution in [2.45, 2.75) is 25.8 Å². The summed E-state index contributed by atoms with van der Waals surface area (Å²) in [6.07, 6.45) is 6.01. The van der Waals surface area contributed by atoms with Crippen molar-refractivity contribution in [1.82, 2.24) is 5.06 Å². The lowest BCUT2D eigenvalue weighted by Gasteiger charge is -2.34. The van der Waals surface area contributed by atoms with Crippen molar-refractivity contribution < 1.29 is 4.84 Å². The maximum atomic E-state index is 5.76. The molecule has 3 rings (SSSR count). The largest absolute Gasteiger partial charge is 0.269 e. The molecule has 1 atom stereocenters. The molecular weight excluding hydrogens is 282 g/mol. The van der Waals surface area contributed by atoms with E-state index < -0.39 is 0 Å². The molecule has 0 spiro atoms. The third kappa shape index (κ3) is 3.72. The quantitative estimate of drug-likeness (QED) is 0.771. The van der Waals surface area contributed by atoms with E-state index in [4.69, 9.17) is 4.84 Å². The fourth-order valence-electron chi connectivity index (χ4n) is 2.93. The van der Waals surface area contributed by atoms with Gasteiger partial charge in [-0.1, -0.05) is 74.2 Å². The molecule has 0 amide bonds. The maximum absolute atomic E-state index is 5.76. The van der Waals surface area contributed by atoms with Gasteiger partial charge in [0, 0.05) is 0 Å². The van der Waals surface area contributed by atoms with Crippen LogP contribution in [-0.4, -0.2) is 17.7 Å². The van der Waals surface area contributed by atoms with Crippen LogP contribution in [0.5, 0.6) is 0 Å². The molecule has 0 fully saturated rings. The molecule has 0 N–H and O–H groups in total. The van der Waals surface area contributed by atoms with Gasteiger partial charge in [0.2, 0.25) is 0 Å². The number of hydrogen-bond donors (Lipinski definition) is 0. The average Bonchev–Trinajstić information content (AvgIpc) is 2.62. The Labute approximate surface area is 138 Å². The zero-order valence-electron chi connectivity index (χ0n) is 13.6. The number of allylic oxidation sites excluding steroid dienone is 1. The van der Waals surface area contributed by atoms with Crippen LogP contribution < -0.4 is 0 Å². The molecule has 2 heteroatoms. The second-order valence-corrected chi connectivity index (χ2v) is 5.84. The number of benzene rings is 2. The SMILES string of the molecule is C=C1C=CCON1C(CC)Cc1ccc(-c2ccccc2)cc1. The standard InChI is InChI=1S/C21H23NO/c1-3-21(22-17(2)8-7-15-23-22)16-18-11-13-20(14-12-18)19-9-5-4-6-10-19/h4-14,21H,2-3,15-16H2,1H3. The summed E-state index contributed by atoms with van der Waals surface area (Å²) in [5.41, 5.74) is 4.76. The van der Waals surface area contributed by atoms with Crippen LogP contribution in [0.2, 0.25) is 0 Å². The zero-order valence-corrected chi connectivity index (χ0v) is 13.6. The van der Waals surface area contributed by atoms with Gasteiger partial charge in [0.05, 0.1) is 18.3 Å². The van der Waals surface area contributed by atoms with Crippen LogP contribution in [0.1, 0.15) is 18.9 Å². The molecule has 0 bridgehead atoms. The van der Waals surface area contributed by atoms with Crippen molar-refractivity contribution in [3.8, 4) is 11.1 Å². The van der Waals surface area contributed by atoms with E-state index in [2.05, 4.69) is 62.0 Å². The first-order chi connectivity index (χ1) is 11.3. The Bertz CT molecular complexity index is 673. The summed E-state index contributed by atoms with van der Waals surface area (Å²) in [4.78, 5) is 5.76. The number of hydrogen-bond acceptors (Lipinski definition) is 2. The molecular formula is C21H23NO. The smallest absolute Gasteiger partial charge is 0.0934 e. The molecule has 1 aliphatic heterocycles. The first-order valence-corrected chi connectivity index (χ1v) is 8.20. The molecule has 0 aliphatic carbocycles. The number of hydroxylamine groups is 2. The van der Waals surface area contributed by atoms with Crippen LogP contribution in [0.3, 0.4) is 0 Å². The molecule has 0 saturated carbocycles. The van der Waals surface area contributed by atoms with E-state index in [1.54, 1.807) is 0 Å². The molecule has 2 aromatic carbocycles. The van der Waals surface area contributed by atoms with Gasteiger partial charge in [-0.25, -0.2) is 0 Å². The minimum Gasteiger partial charge on any atom is -0.269 e. The lowest BCUT2D eigenvalue weighted by atomic mass is 9.99. The summed E-state index contributed by atoms with van der Waals surface area (Å²) in [7, 11) is 0. The first kappa shape index (κ1) is 15.6. The van der Waals surface area contributed by atoms with E-state index in [1.807, 2.05) is 23.3 Å². The van der Waals surface area contributed by atoms with Crippen molar-refractivity contribution in [2.75, 3.05) is 6.61 Å². The van der Waals surface area contributed by atoms with Crippen LogP contribution in [0, 0.1) is 0 Å². The van der Waals surface area contributed by atoms with Gasteiger partial charge in [-0.15, -0.1) is 0 Å². The van der Waals surface area contributed by atoms with Gasteiger partial charge in [-0.3, -0.25) is 9.90 Å². The van der Waals surface area contributed by atoms with Crippen molar-refractivity contribution in [3.05, 3.63) is 84.6 Å². The number of rotatable bonds is 5. The fraction of sp³-hybridized carbons (Fsp3) is 0.238. The van der Waals surface area contributed by atoms with Crippen LogP contribution >= 0.6 is 0 Å². The molecule has 1 unspecified atom stereocenters. The predicted octanol–water partition coefficient (Wildman–Crippen LogP) is 4.99. The summed E-state index contributed by atoms with van der Waals surface area (Å²) in [6, 6.07) is 19.6. The van der Waals surface area contributed by atoms with E-state index in [0.717, 1.165) is 18.5 Å². The van der Waals surface area contributed by atoms with Crippen LogP contribution in [0.25, 0.3) is 11.1 Å². The highest BCUT2D eigenvalue weighted by molar-refractivity contribution is 5.63. The Morgan fingerprint density at radius 3 is 2.39 bits per heavy atom. The highest BCUT2D eigenvalue weighted by Gasteiger charge is 2.20. The van der Waals surface area contributed by atoms with Crippen LogP contribution in [-0.2, 0) is 11.3 Å². The molecule has 2 nitrogen and oxygen atoms in total. The predicted molar refractivity (Wildman–Crippen MR) is 95.7 cm³/mol. The lowest BCUT2D eigenvalue weighted by Crippen LogP contribution is -2.36. The van der Waals surface area contributed by atoms with Gasteiger partial charge in [-0.2, -0.15) is 0 Å². The Hall–Kier alpha value is -2.32. The van der Waals surface area contributed by atoms with Crippen molar-refractivity contribution >= 4 is 0 Å². The van der Waals surface area contributed by atoms with Crippen LogP contribution in [0.4, 0.5) is 0 Å². The summed E-state index contributed by atoms with van der Waals surface area (Å²) >= 11 is 0. The highest BCUT2D eigenvalue weighted by Crippen LogP contribution is 2.23. The van der Waals surface area contributed by atoms with E-state index >= 15 is 0 Å². The van der Waals surface area contributed by atoms with Crippen molar-refractivity contribution in [1.29, 1.82) is 0 Å². The molecule has 1 heterocycles. The zero-order chi connectivity index (χ0) is 16.1. The summed E-state index contributed by atoms with van der Waals surface area (Å²) < 4.78 is 0. The van der Waals surface area contributed by atoms with Crippen LogP contribution in [0.15, 0.2) is 79.0 Å². The average molecular weight is 305 g/mol. The molecule has 23 heavy (non-hydrogen) atoms. The van der Waals surface area contributed by atoms with Crippen molar-refractivity contribution in [3.63, 3.8) is 0 Å². The van der Waals surface area contributed by atoms with Gasteiger partial charge in [0.1, 0.15) is 0 Å². The minimum absolute atomic E-state index is 0.315. The van der Waals surface area contributed by atoms with E-state index in [9.17, 15) is 0 Å². The second kappa shape index (κ2) is 7.30. The third-order valence-corrected chi connectivity index (χ3v) is 4.24. The van der Waals surface area contributed by atoms with Gasteiger partial charge in [0.15, 0.2) is 0 Å². The highest BCUT2D eigenvalue weighted by atomic mass is 16.7. The fourth-order valence-corrected chi connectivity index (χ4v) is 2.93. The van der Waals surface area contributed by atoms with E-state index in [-0.39, 0.29) is 0 Å². The molecule has 0 saturated heterocycles. The Morgan fingerprint density at radius 1 is 1.04 bits per heavy atom. The minimum atomic E-state index is 0.315. The summed E-state index contributed by atoms with van der Waals surface area (Å²) in [5, 5.41) is 1.96. The second-order valence-electron chi connectivity index (χ2n) is 5.84. The third-order valence-electron chi connectivity index (χ3n) is 4.24. The monoisotopic (exact) mass is 305 g/mol. The van der Waals surface area contributed by atoms with Gasteiger partial charge >= 0.3 is 0 Å². The Kier molecular flexibility index (Phi) is 4.94. The van der Waals surface area contributed by atoms with Gasteiger partial charge < -0.3 is 0 Å². The van der Waals surface area contributed by atoms with Gasteiger partial charge in [-0.05, 0) is 35.6 Å². The van der Waals surface area contributed by atoms with Gasteiger partial charge in [0.25, 0.3) is 0 Å². The summed E-state index contributed by atoms with van der Waals surface area (Å²) in [5.74, 6) is 0. The van der Waals surface area contributed by atoms with Crippen molar-refractivity contribution in [2.24, 2.45) is 0 Å². The molecule has 118 valence electrons. The lowest BCUT2D eigenvalue weighted by molar-refractivity contribution is -0.150. The molecule has 1 aliphatic rings. The van der Waals surface area contributed by atoms with E-state index in [1.165, 1.54) is 16.7 Å². The first-order valence-electron chi connectivity index (χ1n) is 8.20. The Balaban J connectivity index is 1.72. The Morgan fingerprint density at radius 2 is 1.74 bits per heavy atom. The molecule has 0 aromatic heterocycles. The topological polar surface area (TPSA) is 12.5 Å². The van der Waals surface area contributed by atoms with E-state index in [0.29, 0.717) is 12.6 Å². The molecule has 2 aromatic rings. The number of nitrogens with zero attached hydrogens (tertiary/aromatic N) is 1. The normalized spacial score (nSPS) is 15.7.